The molecule has 0 bridgehead atoms. The van der Waals surface area contributed by atoms with Crippen LogP contribution in [0.2, 0.25) is 5.28 Å². The second kappa shape index (κ2) is 3.82. The molecule has 5 nitrogen and oxygen atoms in total. The predicted molar refractivity (Wildman–Crippen MR) is 69.6 cm³/mol. The molecule has 6 heteroatoms. The summed E-state index contributed by atoms with van der Waals surface area (Å²) in [6.07, 6.45) is 7.09. The smallest absolute Gasteiger partial charge is 0.226 e. The van der Waals surface area contributed by atoms with Gasteiger partial charge in [0, 0.05) is 6.04 Å². The van der Waals surface area contributed by atoms with E-state index in [1.807, 2.05) is 0 Å². The number of aromatic amines is 1. The number of rotatable bonds is 4. The van der Waals surface area contributed by atoms with E-state index in [2.05, 4.69) is 25.5 Å². The van der Waals surface area contributed by atoms with E-state index in [-0.39, 0.29) is 5.28 Å². The SMILES string of the molecule is Clc1nc(NC(C2CC2)C2CC2)c2cn[nH]c2n1. The Balaban J connectivity index is 1.70. The van der Waals surface area contributed by atoms with Gasteiger partial charge in [0.05, 0.1) is 11.6 Å². The molecule has 2 aromatic heterocycles. The van der Waals surface area contributed by atoms with Crippen LogP contribution in [0.15, 0.2) is 6.20 Å². The van der Waals surface area contributed by atoms with E-state index in [0.717, 1.165) is 23.0 Å². The van der Waals surface area contributed by atoms with Gasteiger partial charge in [-0.15, -0.1) is 0 Å². The molecule has 0 aliphatic heterocycles. The fraction of sp³-hybridized carbons (Fsp3) is 0.583. The van der Waals surface area contributed by atoms with E-state index in [4.69, 9.17) is 11.6 Å². The van der Waals surface area contributed by atoms with Crippen molar-refractivity contribution in [2.24, 2.45) is 11.8 Å². The fourth-order valence-corrected chi connectivity index (χ4v) is 2.78. The number of H-pyrrole nitrogens is 1. The minimum Gasteiger partial charge on any atom is -0.366 e. The summed E-state index contributed by atoms with van der Waals surface area (Å²) in [6.45, 7) is 0. The Bertz CT molecular complexity index is 575. The van der Waals surface area contributed by atoms with Crippen molar-refractivity contribution in [2.45, 2.75) is 31.7 Å². The van der Waals surface area contributed by atoms with Crippen LogP contribution < -0.4 is 5.32 Å². The van der Waals surface area contributed by atoms with Crippen LogP contribution in [-0.2, 0) is 0 Å². The first-order chi connectivity index (χ1) is 8.81. The largest absolute Gasteiger partial charge is 0.366 e. The molecule has 2 aliphatic carbocycles. The first kappa shape index (κ1) is 10.6. The molecule has 2 aromatic rings. The standard InChI is InChI=1S/C12H14ClN5/c13-12-16-10(8-5-14-18-11(8)17-12)15-9(6-1-2-6)7-3-4-7/h5-7,9H,1-4H2,(H2,14,15,16,17,18). The molecular weight excluding hydrogens is 250 g/mol. The Morgan fingerprint density at radius 1 is 1.22 bits per heavy atom. The number of nitrogens with zero attached hydrogens (tertiary/aromatic N) is 3. The van der Waals surface area contributed by atoms with E-state index in [0.29, 0.717) is 11.7 Å². The van der Waals surface area contributed by atoms with Gasteiger partial charge in [-0.25, -0.2) is 0 Å². The summed E-state index contributed by atoms with van der Waals surface area (Å²) in [6, 6.07) is 0.550. The van der Waals surface area contributed by atoms with Crippen molar-refractivity contribution in [3.63, 3.8) is 0 Å². The number of hydrogen-bond donors (Lipinski definition) is 2. The lowest BCUT2D eigenvalue weighted by Gasteiger charge is -2.18. The van der Waals surface area contributed by atoms with Gasteiger partial charge in [-0.2, -0.15) is 15.1 Å². The third-order valence-electron chi connectivity index (χ3n) is 3.85. The van der Waals surface area contributed by atoms with Gasteiger partial charge in [-0.3, -0.25) is 5.10 Å². The second-order valence-electron chi connectivity index (χ2n) is 5.32. The molecule has 0 amide bonds. The maximum atomic E-state index is 5.94. The summed E-state index contributed by atoms with van der Waals surface area (Å²) in [4.78, 5) is 8.44. The molecule has 0 unspecified atom stereocenters. The minimum absolute atomic E-state index is 0.264. The van der Waals surface area contributed by atoms with Gasteiger partial charge in [-0.05, 0) is 49.1 Å². The average Bonchev–Trinajstić information content (AvgIpc) is 3.24. The molecule has 0 aromatic carbocycles. The van der Waals surface area contributed by atoms with Gasteiger partial charge in [0.25, 0.3) is 0 Å². The summed E-state index contributed by atoms with van der Waals surface area (Å²) in [7, 11) is 0. The Labute approximate surface area is 109 Å². The van der Waals surface area contributed by atoms with Gasteiger partial charge in [0.1, 0.15) is 5.82 Å². The molecule has 0 spiro atoms. The van der Waals surface area contributed by atoms with Crippen LogP contribution in [0.1, 0.15) is 25.7 Å². The highest BCUT2D eigenvalue weighted by Gasteiger charge is 2.41. The topological polar surface area (TPSA) is 66.5 Å². The zero-order valence-electron chi connectivity index (χ0n) is 9.86. The number of fused-ring (bicyclic) bond motifs is 1. The number of aromatic nitrogens is 4. The highest BCUT2D eigenvalue weighted by Crippen LogP contribution is 2.46. The van der Waals surface area contributed by atoms with Crippen LogP contribution in [-0.4, -0.2) is 26.2 Å². The molecule has 0 saturated heterocycles. The van der Waals surface area contributed by atoms with Gasteiger partial charge >= 0.3 is 0 Å². The highest BCUT2D eigenvalue weighted by molar-refractivity contribution is 6.28. The Hall–Kier alpha value is -1.36. The first-order valence-electron chi connectivity index (χ1n) is 6.44. The predicted octanol–water partition coefficient (Wildman–Crippen LogP) is 2.61. The summed E-state index contributed by atoms with van der Waals surface area (Å²) in [5, 5.41) is 11.6. The van der Waals surface area contributed by atoms with Crippen molar-refractivity contribution >= 4 is 28.5 Å². The van der Waals surface area contributed by atoms with E-state index in [1.54, 1.807) is 6.20 Å². The maximum Gasteiger partial charge on any atom is 0.226 e. The molecule has 4 rings (SSSR count). The Kier molecular flexibility index (Phi) is 2.24. The first-order valence-corrected chi connectivity index (χ1v) is 6.82. The van der Waals surface area contributed by atoms with Crippen molar-refractivity contribution in [1.82, 2.24) is 20.2 Å². The monoisotopic (exact) mass is 263 g/mol. The summed E-state index contributed by atoms with van der Waals surface area (Å²) in [5.41, 5.74) is 0.697. The quantitative estimate of drug-likeness (QED) is 0.832. The lowest BCUT2D eigenvalue weighted by atomic mass is 10.1. The Morgan fingerprint density at radius 3 is 2.61 bits per heavy atom. The zero-order chi connectivity index (χ0) is 12.1. The van der Waals surface area contributed by atoms with Crippen LogP contribution in [0.4, 0.5) is 5.82 Å². The third-order valence-corrected chi connectivity index (χ3v) is 4.01. The van der Waals surface area contributed by atoms with Crippen LogP contribution in [0, 0.1) is 11.8 Å². The van der Waals surface area contributed by atoms with Crippen molar-refractivity contribution in [3.05, 3.63) is 11.5 Å². The number of nitrogens with one attached hydrogen (secondary N) is 2. The third kappa shape index (κ3) is 1.82. The molecular formula is C12H14ClN5. The number of hydrogen-bond acceptors (Lipinski definition) is 4. The van der Waals surface area contributed by atoms with Crippen LogP contribution in [0.5, 0.6) is 0 Å². The van der Waals surface area contributed by atoms with Crippen molar-refractivity contribution in [2.75, 3.05) is 5.32 Å². The van der Waals surface area contributed by atoms with Gasteiger partial charge < -0.3 is 5.32 Å². The summed E-state index contributed by atoms with van der Waals surface area (Å²) >= 11 is 5.94. The van der Waals surface area contributed by atoms with E-state index in [9.17, 15) is 0 Å². The average molecular weight is 264 g/mol. The van der Waals surface area contributed by atoms with Crippen molar-refractivity contribution < 1.29 is 0 Å². The molecule has 2 aliphatic rings. The fourth-order valence-electron chi connectivity index (χ4n) is 2.61. The molecule has 2 heterocycles. The second-order valence-corrected chi connectivity index (χ2v) is 5.66. The van der Waals surface area contributed by atoms with E-state index >= 15 is 0 Å². The molecule has 18 heavy (non-hydrogen) atoms. The molecule has 2 fully saturated rings. The van der Waals surface area contributed by atoms with Crippen molar-refractivity contribution in [3.8, 4) is 0 Å². The lowest BCUT2D eigenvalue weighted by Crippen LogP contribution is -2.25. The van der Waals surface area contributed by atoms with E-state index in [1.165, 1.54) is 25.7 Å². The van der Waals surface area contributed by atoms with Gasteiger partial charge in [-0.1, -0.05) is 0 Å². The van der Waals surface area contributed by atoms with Crippen molar-refractivity contribution in [1.29, 1.82) is 0 Å². The molecule has 94 valence electrons. The lowest BCUT2D eigenvalue weighted by molar-refractivity contribution is 0.566. The molecule has 2 saturated carbocycles. The highest BCUT2D eigenvalue weighted by atomic mass is 35.5. The Morgan fingerprint density at radius 2 is 1.94 bits per heavy atom. The molecule has 0 atom stereocenters. The van der Waals surface area contributed by atoms with E-state index < -0.39 is 0 Å². The summed E-state index contributed by atoms with van der Waals surface area (Å²) in [5.74, 6) is 2.45. The molecule has 2 N–H and O–H groups in total. The van der Waals surface area contributed by atoms with Crippen LogP contribution in [0.3, 0.4) is 0 Å². The summed E-state index contributed by atoms with van der Waals surface area (Å²) < 4.78 is 0. The normalized spacial score (nSPS) is 19.7. The molecule has 0 radical (unpaired) electrons. The maximum absolute atomic E-state index is 5.94. The number of anilines is 1. The zero-order valence-corrected chi connectivity index (χ0v) is 10.6. The van der Waals surface area contributed by atoms with Gasteiger partial charge in [0.15, 0.2) is 5.65 Å². The minimum atomic E-state index is 0.264. The van der Waals surface area contributed by atoms with Crippen LogP contribution >= 0.6 is 11.6 Å². The number of halogens is 1. The van der Waals surface area contributed by atoms with Gasteiger partial charge in [0.2, 0.25) is 5.28 Å². The van der Waals surface area contributed by atoms with Crippen LogP contribution in [0.25, 0.3) is 11.0 Å².